The average Bonchev–Trinajstić information content (AvgIpc) is 2.92. The molecule has 0 aliphatic heterocycles. The van der Waals surface area contributed by atoms with Crippen molar-refractivity contribution in [2.45, 2.75) is 32.9 Å². The maximum atomic E-state index is 5.60. The van der Waals surface area contributed by atoms with Gasteiger partial charge in [0.15, 0.2) is 0 Å². The van der Waals surface area contributed by atoms with E-state index in [0.717, 1.165) is 29.9 Å². The van der Waals surface area contributed by atoms with Gasteiger partial charge in [0.25, 0.3) is 0 Å². The van der Waals surface area contributed by atoms with E-state index in [0.29, 0.717) is 0 Å². The largest absolute Gasteiger partial charge is 0.467 e. The van der Waals surface area contributed by atoms with Crippen LogP contribution < -0.4 is 11.3 Å². The van der Waals surface area contributed by atoms with E-state index in [2.05, 4.69) is 17.4 Å². The van der Waals surface area contributed by atoms with Gasteiger partial charge in [-0.2, -0.15) is 5.10 Å². The fraction of sp³-hybridized carbons (Fsp3) is 0.417. The molecule has 2 aromatic heterocycles. The van der Waals surface area contributed by atoms with E-state index in [9.17, 15) is 0 Å². The fourth-order valence-electron chi connectivity index (χ4n) is 1.88. The van der Waals surface area contributed by atoms with Crippen LogP contribution in [0, 0.1) is 6.92 Å². The molecule has 1 atom stereocenters. The molecule has 2 aromatic rings. The molecule has 1 unspecified atom stereocenters. The van der Waals surface area contributed by atoms with Gasteiger partial charge in [0, 0.05) is 18.3 Å². The number of nitrogens with two attached hydrogens (primary N) is 1. The number of nitrogens with zero attached hydrogens (tertiary/aromatic N) is 2. The number of nitrogens with one attached hydrogen (secondary N) is 1. The van der Waals surface area contributed by atoms with Crippen molar-refractivity contribution >= 4 is 0 Å². The van der Waals surface area contributed by atoms with Crippen molar-refractivity contribution in [2.24, 2.45) is 5.84 Å². The number of aromatic nitrogens is 2. The molecule has 0 spiro atoms. The molecule has 17 heavy (non-hydrogen) atoms. The van der Waals surface area contributed by atoms with Crippen LogP contribution in [0.15, 0.2) is 29.1 Å². The van der Waals surface area contributed by atoms with E-state index < -0.39 is 0 Å². The number of rotatable bonds is 5. The Kier molecular flexibility index (Phi) is 3.61. The maximum absolute atomic E-state index is 5.60. The summed E-state index contributed by atoms with van der Waals surface area (Å²) in [4.78, 5) is 0. The van der Waals surface area contributed by atoms with E-state index in [1.165, 1.54) is 0 Å². The topological polar surface area (TPSA) is 69.0 Å². The predicted octanol–water partition coefficient (Wildman–Crippen LogP) is 1.75. The lowest BCUT2D eigenvalue weighted by Crippen LogP contribution is -2.28. The van der Waals surface area contributed by atoms with Gasteiger partial charge in [-0.1, -0.05) is 6.92 Å². The van der Waals surface area contributed by atoms with Gasteiger partial charge in [0.1, 0.15) is 11.8 Å². The molecule has 0 saturated heterocycles. The van der Waals surface area contributed by atoms with Crippen molar-refractivity contribution in [1.82, 2.24) is 15.2 Å². The van der Waals surface area contributed by atoms with Crippen LogP contribution in [0.4, 0.5) is 0 Å². The van der Waals surface area contributed by atoms with Crippen LogP contribution in [0.3, 0.4) is 0 Å². The zero-order valence-corrected chi connectivity index (χ0v) is 10.2. The molecule has 5 nitrogen and oxygen atoms in total. The van der Waals surface area contributed by atoms with E-state index in [1.807, 2.05) is 30.1 Å². The molecule has 0 amide bonds. The Balaban J connectivity index is 2.26. The smallest absolute Gasteiger partial charge is 0.129 e. The molecule has 5 heteroatoms. The maximum Gasteiger partial charge on any atom is 0.129 e. The predicted molar refractivity (Wildman–Crippen MR) is 65.1 cm³/mol. The first-order chi connectivity index (χ1) is 8.26. The molecular formula is C12H18N4O. The zero-order chi connectivity index (χ0) is 12.3. The third-order valence-electron chi connectivity index (χ3n) is 2.77. The van der Waals surface area contributed by atoms with E-state index in [-0.39, 0.29) is 6.04 Å². The standard InChI is InChI=1S/C12H18N4O/c1-3-5-16-8-10(7-14-16)11(15-13)12-9(2)4-6-17-12/h4,6-8,11,15H,3,5,13H2,1-2H3. The van der Waals surface area contributed by atoms with Crippen LogP contribution in [-0.4, -0.2) is 9.78 Å². The second kappa shape index (κ2) is 5.16. The minimum atomic E-state index is -0.143. The molecule has 0 bridgehead atoms. The summed E-state index contributed by atoms with van der Waals surface area (Å²) in [6.45, 7) is 5.03. The van der Waals surface area contributed by atoms with Gasteiger partial charge >= 0.3 is 0 Å². The van der Waals surface area contributed by atoms with Crippen LogP contribution in [-0.2, 0) is 6.54 Å². The Morgan fingerprint density at radius 3 is 3.00 bits per heavy atom. The van der Waals surface area contributed by atoms with Gasteiger partial charge < -0.3 is 4.42 Å². The van der Waals surface area contributed by atoms with Crippen molar-refractivity contribution in [2.75, 3.05) is 0 Å². The molecule has 0 aromatic carbocycles. The summed E-state index contributed by atoms with van der Waals surface area (Å²) in [5, 5.41) is 4.29. The molecule has 0 fully saturated rings. The zero-order valence-electron chi connectivity index (χ0n) is 10.2. The van der Waals surface area contributed by atoms with Gasteiger partial charge in [0.05, 0.1) is 12.5 Å². The fourth-order valence-corrected chi connectivity index (χ4v) is 1.88. The number of aryl methyl sites for hydroxylation is 2. The summed E-state index contributed by atoms with van der Waals surface area (Å²) in [6, 6.07) is 1.78. The Labute approximate surface area is 101 Å². The Hall–Kier alpha value is -1.59. The van der Waals surface area contributed by atoms with Crippen molar-refractivity contribution in [3.63, 3.8) is 0 Å². The lowest BCUT2D eigenvalue weighted by molar-refractivity contribution is 0.449. The number of hydrazine groups is 1. The highest BCUT2D eigenvalue weighted by Gasteiger charge is 2.19. The summed E-state index contributed by atoms with van der Waals surface area (Å²) < 4.78 is 7.38. The molecule has 0 aliphatic carbocycles. The van der Waals surface area contributed by atoms with E-state index >= 15 is 0 Å². The molecule has 2 rings (SSSR count). The van der Waals surface area contributed by atoms with Crippen molar-refractivity contribution in [3.8, 4) is 0 Å². The number of hydrogen-bond donors (Lipinski definition) is 2. The van der Waals surface area contributed by atoms with E-state index in [4.69, 9.17) is 10.3 Å². The first-order valence-corrected chi connectivity index (χ1v) is 5.78. The molecule has 3 N–H and O–H groups in total. The lowest BCUT2D eigenvalue weighted by Gasteiger charge is -2.12. The quantitative estimate of drug-likeness (QED) is 0.611. The SMILES string of the molecule is CCCn1cc(C(NN)c2occc2C)cn1. The second-order valence-electron chi connectivity index (χ2n) is 4.10. The highest BCUT2D eigenvalue weighted by atomic mass is 16.3. The molecule has 92 valence electrons. The first-order valence-electron chi connectivity index (χ1n) is 5.78. The summed E-state index contributed by atoms with van der Waals surface area (Å²) in [7, 11) is 0. The third kappa shape index (κ3) is 2.40. The Morgan fingerprint density at radius 2 is 2.41 bits per heavy atom. The number of furan rings is 1. The molecular weight excluding hydrogens is 216 g/mol. The molecule has 2 heterocycles. The van der Waals surface area contributed by atoms with Gasteiger partial charge in [-0.25, -0.2) is 5.43 Å². The van der Waals surface area contributed by atoms with Crippen molar-refractivity contribution < 1.29 is 4.42 Å². The average molecular weight is 234 g/mol. The Bertz CT molecular complexity index is 474. The second-order valence-corrected chi connectivity index (χ2v) is 4.10. The third-order valence-corrected chi connectivity index (χ3v) is 2.77. The van der Waals surface area contributed by atoms with Crippen molar-refractivity contribution in [3.05, 3.63) is 41.6 Å². The monoisotopic (exact) mass is 234 g/mol. The van der Waals surface area contributed by atoms with Gasteiger partial charge in [-0.15, -0.1) is 0 Å². The van der Waals surface area contributed by atoms with Gasteiger partial charge in [-0.3, -0.25) is 10.5 Å². The minimum Gasteiger partial charge on any atom is -0.467 e. The normalized spacial score (nSPS) is 12.9. The van der Waals surface area contributed by atoms with Crippen LogP contribution in [0.25, 0.3) is 0 Å². The van der Waals surface area contributed by atoms with Gasteiger partial charge in [-0.05, 0) is 25.0 Å². The van der Waals surface area contributed by atoms with Crippen LogP contribution in [0.1, 0.15) is 36.3 Å². The first kappa shape index (κ1) is 11.9. The number of hydrogen-bond acceptors (Lipinski definition) is 4. The highest BCUT2D eigenvalue weighted by Crippen LogP contribution is 2.24. The summed E-state index contributed by atoms with van der Waals surface area (Å²) in [5.41, 5.74) is 4.86. The molecule has 0 radical (unpaired) electrons. The molecule has 0 aliphatic rings. The van der Waals surface area contributed by atoms with Crippen molar-refractivity contribution in [1.29, 1.82) is 0 Å². The van der Waals surface area contributed by atoms with Crippen LogP contribution >= 0.6 is 0 Å². The Morgan fingerprint density at radius 1 is 1.59 bits per heavy atom. The summed E-state index contributed by atoms with van der Waals surface area (Å²) in [5.74, 6) is 6.44. The highest BCUT2D eigenvalue weighted by molar-refractivity contribution is 5.27. The van der Waals surface area contributed by atoms with Gasteiger partial charge in [0.2, 0.25) is 0 Å². The summed E-state index contributed by atoms with van der Waals surface area (Å²) >= 11 is 0. The van der Waals surface area contributed by atoms with E-state index in [1.54, 1.807) is 6.26 Å². The summed E-state index contributed by atoms with van der Waals surface area (Å²) in [6.07, 6.45) is 6.55. The minimum absolute atomic E-state index is 0.143. The van der Waals surface area contributed by atoms with Crippen LogP contribution in [0.2, 0.25) is 0 Å². The molecule has 0 saturated carbocycles. The van der Waals surface area contributed by atoms with Crippen LogP contribution in [0.5, 0.6) is 0 Å². The lowest BCUT2D eigenvalue weighted by atomic mass is 10.1.